The van der Waals surface area contributed by atoms with E-state index < -0.39 is 29.4 Å². The van der Waals surface area contributed by atoms with Crippen LogP contribution in [0.15, 0.2) is 102 Å². The lowest BCUT2D eigenvalue weighted by atomic mass is 9.76. The molecule has 0 bridgehead atoms. The number of anilines is 1. The van der Waals surface area contributed by atoms with E-state index in [1.807, 2.05) is 78.9 Å². The molecule has 9 heteroatoms. The normalized spacial score (nSPS) is 18.5. The van der Waals surface area contributed by atoms with Crippen molar-refractivity contribution in [3.63, 3.8) is 0 Å². The fraction of sp³-hybridized carbons (Fsp3) is 0.242. The van der Waals surface area contributed by atoms with Crippen LogP contribution in [0.3, 0.4) is 0 Å². The molecule has 0 fully saturated rings. The highest BCUT2D eigenvalue weighted by Gasteiger charge is 2.55. The minimum absolute atomic E-state index is 0.104. The molecule has 0 radical (unpaired) electrons. The van der Waals surface area contributed by atoms with E-state index in [4.69, 9.17) is 19.9 Å². The van der Waals surface area contributed by atoms with Gasteiger partial charge in [-0.2, -0.15) is 0 Å². The number of aliphatic imine (C=N–C) groups is 1. The second kappa shape index (κ2) is 11.4. The Hall–Kier alpha value is -4.50. The Morgan fingerprint density at radius 3 is 1.93 bits per heavy atom. The van der Waals surface area contributed by atoms with Gasteiger partial charge in [0.25, 0.3) is 5.92 Å². The molecule has 5 rings (SSSR count). The highest BCUT2D eigenvalue weighted by atomic mass is 19.3. The zero-order valence-electron chi connectivity index (χ0n) is 23.5. The van der Waals surface area contributed by atoms with Gasteiger partial charge < -0.3 is 25.3 Å². The first-order valence-electron chi connectivity index (χ1n) is 13.4. The largest absolute Gasteiger partial charge is 0.497 e. The second-order valence-corrected chi connectivity index (χ2v) is 10.3. The van der Waals surface area contributed by atoms with E-state index in [1.54, 1.807) is 14.2 Å². The zero-order valence-corrected chi connectivity index (χ0v) is 23.5. The fourth-order valence-corrected chi connectivity index (χ4v) is 5.34. The van der Waals surface area contributed by atoms with Crippen LogP contribution < -0.4 is 20.5 Å². The minimum Gasteiger partial charge on any atom is -0.497 e. The second-order valence-electron chi connectivity index (χ2n) is 10.3. The average Bonchev–Trinajstić information content (AvgIpc) is 3.12. The van der Waals surface area contributed by atoms with Gasteiger partial charge in [0, 0.05) is 11.3 Å². The first-order valence-corrected chi connectivity index (χ1v) is 13.4. The molecule has 0 amide bonds. The molecule has 4 aromatic rings. The maximum absolute atomic E-state index is 15.8. The number of alkyl halides is 2. The predicted octanol–water partition coefficient (Wildman–Crippen LogP) is 6.29. The SMILES string of the molecule is COc1ccc(C(NC2=NC(C)(c3cc(N)ccc3F)C(F)(F)COC2)(c2ccccc2)c2ccc(OC)cc2)cc1. The maximum Gasteiger partial charge on any atom is 0.299 e. The van der Waals surface area contributed by atoms with Crippen molar-refractivity contribution in [3.8, 4) is 11.5 Å². The Labute approximate surface area is 243 Å². The van der Waals surface area contributed by atoms with Crippen molar-refractivity contribution in [3.05, 3.63) is 125 Å². The predicted molar refractivity (Wildman–Crippen MR) is 157 cm³/mol. The summed E-state index contributed by atoms with van der Waals surface area (Å²) in [5.41, 5.74) is 4.61. The van der Waals surface area contributed by atoms with Crippen molar-refractivity contribution in [2.45, 2.75) is 23.9 Å². The van der Waals surface area contributed by atoms with Crippen LogP contribution in [0.5, 0.6) is 11.5 Å². The number of hydrogen-bond donors (Lipinski definition) is 2. The van der Waals surface area contributed by atoms with Crippen molar-refractivity contribution >= 4 is 11.5 Å². The van der Waals surface area contributed by atoms with Crippen LogP contribution in [0.4, 0.5) is 18.9 Å². The van der Waals surface area contributed by atoms with Crippen LogP contribution in [0.25, 0.3) is 0 Å². The number of benzene rings is 4. The van der Waals surface area contributed by atoms with Crippen LogP contribution in [0, 0.1) is 5.82 Å². The molecule has 0 saturated carbocycles. The third kappa shape index (κ3) is 5.16. The van der Waals surface area contributed by atoms with E-state index in [1.165, 1.54) is 19.1 Å². The Bertz CT molecular complexity index is 1510. The number of hydrogen-bond acceptors (Lipinski definition) is 6. The van der Waals surface area contributed by atoms with Crippen molar-refractivity contribution in [1.82, 2.24) is 5.32 Å². The fourth-order valence-electron chi connectivity index (χ4n) is 5.34. The summed E-state index contributed by atoms with van der Waals surface area (Å²) in [5.74, 6) is -2.99. The van der Waals surface area contributed by atoms with Crippen LogP contribution in [-0.2, 0) is 15.8 Å². The summed E-state index contributed by atoms with van der Waals surface area (Å²) < 4.78 is 62.9. The average molecular weight is 576 g/mol. The number of ether oxygens (including phenoxy) is 3. The molecular formula is C33H32F3N3O3. The number of halogens is 3. The van der Waals surface area contributed by atoms with Gasteiger partial charge >= 0.3 is 0 Å². The number of methoxy groups -OCH3 is 2. The molecule has 3 N–H and O–H groups in total. The van der Waals surface area contributed by atoms with Gasteiger partial charge in [-0.05, 0) is 66.1 Å². The lowest BCUT2D eigenvalue weighted by Gasteiger charge is -2.39. The number of nitrogens with one attached hydrogen (secondary N) is 1. The molecular weight excluding hydrogens is 543 g/mol. The third-order valence-electron chi connectivity index (χ3n) is 7.69. The summed E-state index contributed by atoms with van der Waals surface area (Å²) in [6, 6.07) is 28.0. The topological polar surface area (TPSA) is 78.1 Å². The van der Waals surface area contributed by atoms with E-state index >= 15 is 13.2 Å². The maximum atomic E-state index is 15.8. The van der Waals surface area contributed by atoms with E-state index in [2.05, 4.69) is 10.3 Å². The molecule has 0 aromatic heterocycles. The van der Waals surface area contributed by atoms with Crippen LogP contribution in [0.2, 0.25) is 0 Å². The van der Waals surface area contributed by atoms with Gasteiger partial charge in [0.1, 0.15) is 41.9 Å². The molecule has 4 aromatic carbocycles. The van der Waals surface area contributed by atoms with Gasteiger partial charge in [0.2, 0.25) is 0 Å². The number of rotatable bonds is 7. The lowest BCUT2D eigenvalue weighted by Crippen LogP contribution is -2.50. The Kier molecular flexibility index (Phi) is 7.88. The number of amidine groups is 1. The summed E-state index contributed by atoms with van der Waals surface area (Å²) in [6.07, 6.45) is 0. The van der Waals surface area contributed by atoms with Crippen molar-refractivity contribution in [1.29, 1.82) is 0 Å². The van der Waals surface area contributed by atoms with Gasteiger partial charge in [0.15, 0.2) is 5.54 Å². The van der Waals surface area contributed by atoms with Gasteiger partial charge in [-0.15, -0.1) is 0 Å². The summed E-state index contributed by atoms with van der Waals surface area (Å²) in [4.78, 5) is 4.55. The number of nitrogens with two attached hydrogens (primary N) is 1. The molecule has 0 spiro atoms. The minimum atomic E-state index is -3.55. The lowest BCUT2D eigenvalue weighted by molar-refractivity contribution is -0.116. The molecule has 1 atom stereocenters. The van der Waals surface area contributed by atoms with Crippen molar-refractivity contribution < 1.29 is 27.4 Å². The van der Waals surface area contributed by atoms with Gasteiger partial charge in [-0.25, -0.2) is 13.2 Å². The van der Waals surface area contributed by atoms with Crippen LogP contribution in [-0.4, -0.2) is 39.2 Å². The van der Waals surface area contributed by atoms with Crippen molar-refractivity contribution in [2.24, 2.45) is 4.99 Å². The highest BCUT2D eigenvalue weighted by Crippen LogP contribution is 2.45. The quantitative estimate of drug-likeness (QED) is 0.200. The third-order valence-corrected chi connectivity index (χ3v) is 7.69. The van der Waals surface area contributed by atoms with E-state index in [-0.39, 0.29) is 23.7 Å². The van der Waals surface area contributed by atoms with Gasteiger partial charge in [-0.3, -0.25) is 4.99 Å². The monoisotopic (exact) mass is 575 g/mol. The number of nitrogens with zero attached hydrogens (tertiary/aromatic N) is 1. The standard InChI is InChI=1S/C33H32F3N3O3/c1-31(28-19-25(37)13-18-29(28)34)32(35,36)21-42-20-30(38-31)39-33(22-7-5-4-6-8-22,23-9-14-26(40-2)15-10-23)24-11-16-27(41-3)17-12-24/h4-19H,20-21,37H2,1-3H3,(H,38,39). The zero-order chi connectivity index (χ0) is 30.0. The molecule has 0 saturated heterocycles. The molecule has 1 aliphatic rings. The number of nitrogen functional groups attached to an aromatic ring is 1. The summed E-state index contributed by atoms with van der Waals surface area (Å²) in [7, 11) is 3.16. The first kappa shape index (κ1) is 29.0. The van der Waals surface area contributed by atoms with Gasteiger partial charge in [-0.1, -0.05) is 54.6 Å². The van der Waals surface area contributed by atoms with E-state index in [0.29, 0.717) is 11.5 Å². The molecule has 42 heavy (non-hydrogen) atoms. The van der Waals surface area contributed by atoms with Crippen LogP contribution >= 0.6 is 0 Å². The van der Waals surface area contributed by atoms with E-state index in [0.717, 1.165) is 22.8 Å². The molecule has 218 valence electrons. The summed E-state index contributed by atoms with van der Waals surface area (Å²) in [5, 5.41) is 3.49. The summed E-state index contributed by atoms with van der Waals surface area (Å²) in [6.45, 7) is -0.0298. The Morgan fingerprint density at radius 1 is 0.833 bits per heavy atom. The molecule has 6 nitrogen and oxygen atoms in total. The Balaban J connectivity index is 1.77. The highest BCUT2D eigenvalue weighted by molar-refractivity contribution is 5.86. The van der Waals surface area contributed by atoms with Gasteiger partial charge in [0.05, 0.1) is 14.2 Å². The summed E-state index contributed by atoms with van der Waals surface area (Å²) >= 11 is 0. The molecule has 1 unspecified atom stereocenters. The van der Waals surface area contributed by atoms with Crippen molar-refractivity contribution in [2.75, 3.05) is 33.2 Å². The van der Waals surface area contributed by atoms with Crippen LogP contribution in [0.1, 0.15) is 29.2 Å². The van der Waals surface area contributed by atoms with E-state index in [9.17, 15) is 0 Å². The molecule has 1 aliphatic heterocycles. The smallest absolute Gasteiger partial charge is 0.299 e. The molecule has 1 heterocycles. The first-order chi connectivity index (χ1) is 20.1. The molecule has 0 aliphatic carbocycles. The Morgan fingerprint density at radius 2 is 1.38 bits per heavy atom.